The van der Waals surface area contributed by atoms with Crippen molar-refractivity contribution in [1.29, 1.82) is 0 Å². The molecular weight excluding hydrogens is 421 g/mol. The molecule has 1 aliphatic rings. The summed E-state index contributed by atoms with van der Waals surface area (Å²) in [4.78, 5) is 26.3. The summed E-state index contributed by atoms with van der Waals surface area (Å²) < 4.78 is 49.9. The number of thiophene rings is 1. The van der Waals surface area contributed by atoms with Crippen molar-refractivity contribution in [2.75, 3.05) is 24.4 Å². The standard InChI is InChI=1S/C17H14ClF3N2O4S/c1-26-12-4-3-8(17(19,20)21)5-10(12)23-11(7-14(24)27-2)15-9(22-16(23)25)6-13(18)28-15/h3-6,11H,7H2,1-2H3,(H,22,25). The topological polar surface area (TPSA) is 67.9 Å². The highest BCUT2D eigenvalue weighted by molar-refractivity contribution is 7.16. The van der Waals surface area contributed by atoms with E-state index in [1.54, 1.807) is 0 Å². The summed E-state index contributed by atoms with van der Waals surface area (Å²) in [6.45, 7) is 0. The van der Waals surface area contributed by atoms with Gasteiger partial charge in [0.25, 0.3) is 0 Å². The van der Waals surface area contributed by atoms with E-state index in [4.69, 9.17) is 21.1 Å². The van der Waals surface area contributed by atoms with Crippen molar-refractivity contribution in [3.05, 3.63) is 39.0 Å². The molecule has 0 spiro atoms. The van der Waals surface area contributed by atoms with E-state index in [0.29, 0.717) is 14.9 Å². The number of esters is 1. The molecule has 2 heterocycles. The number of anilines is 2. The van der Waals surface area contributed by atoms with E-state index in [9.17, 15) is 22.8 Å². The predicted octanol–water partition coefficient (Wildman–Crippen LogP) is 5.09. The molecule has 0 radical (unpaired) electrons. The highest BCUT2D eigenvalue weighted by atomic mass is 35.5. The van der Waals surface area contributed by atoms with Gasteiger partial charge in [-0.1, -0.05) is 11.6 Å². The van der Waals surface area contributed by atoms with Gasteiger partial charge in [-0.05, 0) is 24.3 Å². The molecule has 28 heavy (non-hydrogen) atoms. The Balaban J connectivity index is 2.17. The summed E-state index contributed by atoms with van der Waals surface area (Å²) in [7, 11) is 2.46. The number of carbonyl (C=O) groups excluding carboxylic acids is 2. The molecule has 0 saturated carbocycles. The number of rotatable bonds is 4. The van der Waals surface area contributed by atoms with Gasteiger partial charge in [-0.15, -0.1) is 11.3 Å². The summed E-state index contributed by atoms with van der Waals surface area (Å²) in [6, 6.07) is 2.68. The Labute approximate surface area is 166 Å². The Bertz CT molecular complexity index is 932. The molecule has 1 aromatic carbocycles. The van der Waals surface area contributed by atoms with Gasteiger partial charge in [-0.25, -0.2) is 4.79 Å². The summed E-state index contributed by atoms with van der Waals surface area (Å²) in [5.41, 5.74) is -0.682. The second kappa shape index (κ2) is 7.51. The number of methoxy groups -OCH3 is 2. The third-order valence-corrected chi connectivity index (χ3v) is 5.52. The summed E-state index contributed by atoms with van der Waals surface area (Å²) >= 11 is 7.14. The maximum Gasteiger partial charge on any atom is 0.416 e. The predicted molar refractivity (Wildman–Crippen MR) is 98.2 cm³/mol. The molecule has 0 bridgehead atoms. The van der Waals surface area contributed by atoms with Crippen molar-refractivity contribution in [3.8, 4) is 5.75 Å². The number of hydrogen-bond donors (Lipinski definition) is 1. The van der Waals surface area contributed by atoms with Crippen molar-refractivity contribution in [2.45, 2.75) is 18.6 Å². The Morgan fingerprint density at radius 3 is 2.64 bits per heavy atom. The van der Waals surface area contributed by atoms with Crippen LogP contribution in [0, 0.1) is 0 Å². The van der Waals surface area contributed by atoms with Crippen LogP contribution in [0.3, 0.4) is 0 Å². The largest absolute Gasteiger partial charge is 0.495 e. The minimum Gasteiger partial charge on any atom is -0.495 e. The smallest absolute Gasteiger partial charge is 0.416 e. The number of carbonyl (C=O) groups is 2. The maximum absolute atomic E-state index is 13.2. The molecule has 2 amide bonds. The SMILES string of the molecule is COC(=O)CC1c2sc(Cl)cc2NC(=O)N1c1cc(C(F)(F)F)ccc1OC. The van der Waals surface area contributed by atoms with Crippen molar-refractivity contribution >= 4 is 46.3 Å². The number of fused-ring (bicyclic) bond motifs is 1. The number of benzene rings is 1. The van der Waals surface area contributed by atoms with Gasteiger partial charge in [-0.2, -0.15) is 13.2 Å². The lowest BCUT2D eigenvalue weighted by Crippen LogP contribution is -2.43. The van der Waals surface area contributed by atoms with E-state index in [0.717, 1.165) is 34.4 Å². The zero-order valence-corrected chi connectivity index (χ0v) is 16.2. The second-order valence-electron chi connectivity index (χ2n) is 5.81. The molecule has 0 fully saturated rings. The number of nitrogens with one attached hydrogen (secondary N) is 1. The Morgan fingerprint density at radius 2 is 2.04 bits per heavy atom. The van der Waals surface area contributed by atoms with Crippen LogP contribution in [0.2, 0.25) is 4.34 Å². The van der Waals surface area contributed by atoms with Crippen LogP contribution in [-0.2, 0) is 15.7 Å². The molecule has 6 nitrogen and oxygen atoms in total. The molecule has 1 atom stereocenters. The molecule has 1 aliphatic heterocycles. The van der Waals surface area contributed by atoms with E-state index in [1.807, 2.05) is 0 Å². The number of alkyl halides is 3. The van der Waals surface area contributed by atoms with Gasteiger partial charge < -0.3 is 14.8 Å². The fourth-order valence-corrected chi connectivity index (χ4v) is 4.20. The third-order valence-electron chi connectivity index (χ3n) is 4.16. The molecule has 11 heteroatoms. The van der Waals surface area contributed by atoms with Crippen molar-refractivity contribution in [1.82, 2.24) is 0 Å². The van der Waals surface area contributed by atoms with Gasteiger partial charge in [0.05, 0.1) is 52.8 Å². The molecule has 2 aromatic rings. The minimum absolute atomic E-state index is 0.0455. The number of ether oxygens (including phenoxy) is 2. The molecule has 150 valence electrons. The maximum atomic E-state index is 13.2. The first-order chi connectivity index (χ1) is 13.2. The fraction of sp³-hybridized carbons (Fsp3) is 0.294. The summed E-state index contributed by atoms with van der Waals surface area (Å²) in [6.07, 6.45) is -4.89. The summed E-state index contributed by atoms with van der Waals surface area (Å²) in [5.74, 6) is -0.588. The van der Waals surface area contributed by atoms with E-state index >= 15 is 0 Å². The number of hydrogen-bond acceptors (Lipinski definition) is 5. The Hall–Kier alpha value is -2.46. The normalized spacial score (nSPS) is 16.4. The monoisotopic (exact) mass is 434 g/mol. The number of amides is 2. The van der Waals surface area contributed by atoms with Crippen LogP contribution in [0.5, 0.6) is 5.75 Å². The first-order valence-electron chi connectivity index (χ1n) is 7.87. The Kier molecular flexibility index (Phi) is 5.44. The fourth-order valence-electron chi connectivity index (χ4n) is 2.91. The van der Waals surface area contributed by atoms with Crippen LogP contribution in [0.4, 0.5) is 29.3 Å². The lowest BCUT2D eigenvalue weighted by molar-refractivity contribution is -0.141. The average Bonchev–Trinajstić information content (AvgIpc) is 3.00. The van der Waals surface area contributed by atoms with Crippen molar-refractivity contribution in [3.63, 3.8) is 0 Å². The minimum atomic E-state index is -4.62. The lowest BCUT2D eigenvalue weighted by atomic mass is 10.0. The number of nitrogens with zero attached hydrogens (tertiary/aromatic N) is 1. The molecule has 1 N–H and O–H groups in total. The highest BCUT2D eigenvalue weighted by Gasteiger charge is 2.40. The van der Waals surface area contributed by atoms with Gasteiger partial charge in [0.2, 0.25) is 0 Å². The van der Waals surface area contributed by atoms with Crippen molar-refractivity contribution in [2.24, 2.45) is 0 Å². The van der Waals surface area contributed by atoms with Gasteiger partial charge >= 0.3 is 18.2 Å². The van der Waals surface area contributed by atoms with Gasteiger partial charge in [0.15, 0.2) is 0 Å². The van der Waals surface area contributed by atoms with E-state index in [1.165, 1.54) is 20.3 Å². The number of urea groups is 1. The summed E-state index contributed by atoms with van der Waals surface area (Å²) in [5, 5.41) is 2.58. The van der Waals surface area contributed by atoms with Gasteiger partial charge in [0, 0.05) is 0 Å². The molecule has 3 rings (SSSR count). The van der Waals surface area contributed by atoms with Crippen LogP contribution >= 0.6 is 22.9 Å². The van der Waals surface area contributed by atoms with E-state index < -0.39 is 29.8 Å². The zero-order chi connectivity index (χ0) is 20.6. The second-order valence-corrected chi connectivity index (χ2v) is 7.52. The van der Waals surface area contributed by atoms with Gasteiger partial charge in [-0.3, -0.25) is 9.69 Å². The van der Waals surface area contributed by atoms with Crippen LogP contribution in [0.25, 0.3) is 0 Å². The zero-order valence-electron chi connectivity index (χ0n) is 14.6. The van der Waals surface area contributed by atoms with Crippen molar-refractivity contribution < 1.29 is 32.2 Å². The molecule has 0 saturated heterocycles. The Morgan fingerprint density at radius 1 is 1.32 bits per heavy atom. The van der Waals surface area contributed by atoms with E-state index in [-0.39, 0.29) is 17.9 Å². The average molecular weight is 435 g/mol. The highest BCUT2D eigenvalue weighted by Crippen LogP contribution is 2.47. The quantitative estimate of drug-likeness (QED) is 0.681. The molecule has 1 aromatic heterocycles. The van der Waals surface area contributed by atoms with Gasteiger partial charge in [0.1, 0.15) is 5.75 Å². The molecule has 0 aliphatic carbocycles. The first-order valence-corrected chi connectivity index (χ1v) is 9.06. The van der Waals surface area contributed by atoms with Crippen LogP contribution in [-0.4, -0.2) is 26.2 Å². The van der Waals surface area contributed by atoms with Crippen LogP contribution < -0.4 is 15.0 Å². The van der Waals surface area contributed by atoms with E-state index in [2.05, 4.69) is 5.32 Å². The third kappa shape index (κ3) is 3.74. The molecular formula is C17H14ClF3N2O4S. The molecule has 1 unspecified atom stereocenters. The van der Waals surface area contributed by atoms with Crippen LogP contribution in [0.15, 0.2) is 24.3 Å². The van der Waals surface area contributed by atoms with Crippen LogP contribution in [0.1, 0.15) is 22.9 Å². The lowest BCUT2D eigenvalue weighted by Gasteiger charge is -2.36. The number of halogens is 4. The first kappa shape index (κ1) is 20.3.